The van der Waals surface area contributed by atoms with E-state index in [0.29, 0.717) is 12.1 Å². The first-order chi connectivity index (χ1) is 14.3. The van der Waals surface area contributed by atoms with Crippen molar-refractivity contribution >= 4 is 12.0 Å². The number of ether oxygens (including phenoxy) is 1. The summed E-state index contributed by atoms with van der Waals surface area (Å²) < 4.78 is 5.50. The third kappa shape index (κ3) is 6.10. The molecule has 172 valence electrons. The molecule has 30 heavy (non-hydrogen) atoms. The molecule has 0 aromatic carbocycles. The Balaban J connectivity index is 1.48. The zero-order valence-corrected chi connectivity index (χ0v) is 19.1. The van der Waals surface area contributed by atoms with Gasteiger partial charge in [-0.2, -0.15) is 0 Å². The van der Waals surface area contributed by atoms with Gasteiger partial charge in [-0.3, -0.25) is 4.79 Å². The summed E-state index contributed by atoms with van der Waals surface area (Å²) >= 11 is 0. The third-order valence-electron chi connectivity index (χ3n) is 6.92. The Kier molecular flexibility index (Phi) is 8.02. The number of carbonyl (C=O) groups excluding carboxylic acids is 2. The molecule has 0 aromatic heterocycles. The standard InChI is InChI=1S/C23H41N3O4/c1-23(2,3)30-22(29)25-15-9-18(10-16-25)24-13-11-20(12-14-24)26(21(28)17-27)19-7-5-4-6-8-19/h18-20,27H,4-17H2,1-3H3. The third-order valence-corrected chi connectivity index (χ3v) is 6.92. The second kappa shape index (κ2) is 10.3. The molecule has 0 spiro atoms. The van der Waals surface area contributed by atoms with E-state index >= 15 is 0 Å². The number of amides is 2. The molecule has 1 saturated carbocycles. The van der Waals surface area contributed by atoms with Gasteiger partial charge < -0.3 is 24.5 Å². The van der Waals surface area contributed by atoms with Gasteiger partial charge in [-0.25, -0.2) is 4.79 Å². The minimum Gasteiger partial charge on any atom is -0.444 e. The zero-order valence-electron chi connectivity index (χ0n) is 19.1. The van der Waals surface area contributed by atoms with Crippen molar-refractivity contribution in [2.75, 3.05) is 32.8 Å². The van der Waals surface area contributed by atoms with Gasteiger partial charge in [-0.05, 0) is 59.3 Å². The van der Waals surface area contributed by atoms with E-state index in [-0.39, 0.29) is 24.6 Å². The Labute approximate surface area is 181 Å². The molecule has 1 N–H and O–H groups in total. The second-order valence-electron chi connectivity index (χ2n) is 10.2. The number of carbonyl (C=O) groups is 2. The predicted molar refractivity (Wildman–Crippen MR) is 116 cm³/mol. The molecule has 0 aromatic rings. The van der Waals surface area contributed by atoms with Crippen LogP contribution in [0.1, 0.15) is 78.6 Å². The Morgan fingerprint density at radius 3 is 2.00 bits per heavy atom. The quantitative estimate of drug-likeness (QED) is 0.752. The maximum atomic E-state index is 12.5. The van der Waals surface area contributed by atoms with Crippen molar-refractivity contribution in [3.8, 4) is 0 Å². The highest BCUT2D eigenvalue weighted by molar-refractivity contribution is 5.78. The van der Waals surface area contributed by atoms with E-state index in [2.05, 4.69) is 4.90 Å². The summed E-state index contributed by atoms with van der Waals surface area (Å²) in [5, 5.41) is 9.52. The van der Waals surface area contributed by atoms with Gasteiger partial charge in [-0.15, -0.1) is 0 Å². The number of likely N-dealkylation sites (tertiary alicyclic amines) is 2. The lowest BCUT2D eigenvalue weighted by atomic mass is 9.90. The molecule has 0 radical (unpaired) electrons. The molecular weight excluding hydrogens is 382 g/mol. The predicted octanol–water partition coefficient (Wildman–Crippen LogP) is 3.00. The van der Waals surface area contributed by atoms with Crippen LogP contribution in [-0.2, 0) is 9.53 Å². The Bertz CT molecular complexity index is 569. The molecule has 2 amide bonds. The SMILES string of the molecule is CC(C)(C)OC(=O)N1CCC(N2CCC(N(C(=O)CO)C3CCCCC3)CC2)CC1. The smallest absolute Gasteiger partial charge is 0.410 e. The van der Waals surface area contributed by atoms with Crippen molar-refractivity contribution < 1.29 is 19.4 Å². The van der Waals surface area contributed by atoms with E-state index in [9.17, 15) is 14.7 Å². The first-order valence-corrected chi connectivity index (χ1v) is 11.9. The van der Waals surface area contributed by atoms with Crippen LogP contribution in [0.15, 0.2) is 0 Å². The lowest BCUT2D eigenvalue weighted by Crippen LogP contribution is -2.55. The van der Waals surface area contributed by atoms with Crippen LogP contribution in [-0.4, -0.2) is 88.3 Å². The van der Waals surface area contributed by atoms with E-state index in [4.69, 9.17) is 4.74 Å². The van der Waals surface area contributed by atoms with Crippen molar-refractivity contribution in [1.29, 1.82) is 0 Å². The summed E-state index contributed by atoms with van der Waals surface area (Å²) in [6.07, 6.45) is 9.51. The number of aliphatic hydroxyl groups excluding tert-OH is 1. The fourth-order valence-corrected chi connectivity index (χ4v) is 5.42. The first-order valence-electron chi connectivity index (χ1n) is 11.9. The number of nitrogens with zero attached hydrogens (tertiary/aromatic N) is 3. The monoisotopic (exact) mass is 423 g/mol. The van der Waals surface area contributed by atoms with E-state index in [1.54, 1.807) is 0 Å². The van der Waals surface area contributed by atoms with Gasteiger partial charge in [0.05, 0.1) is 0 Å². The number of hydrogen-bond donors (Lipinski definition) is 1. The summed E-state index contributed by atoms with van der Waals surface area (Å²) in [5.74, 6) is -0.0916. The van der Waals surface area contributed by atoms with Crippen LogP contribution in [0, 0.1) is 0 Å². The fourth-order valence-electron chi connectivity index (χ4n) is 5.42. The Hall–Kier alpha value is -1.34. The van der Waals surface area contributed by atoms with Crippen LogP contribution in [0.5, 0.6) is 0 Å². The van der Waals surface area contributed by atoms with Crippen LogP contribution >= 0.6 is 0 Å². The molecule has 0 atom stereocenters. The molecule has 7 nitrogen and oxygen atoms in total. The Morgan fingerprint density at radius 1 is 0.900 bits per heavy atom. The van der Waals surface area contributed by atoms with Crippen LogP contribution in [0.4, 0.5) is 4.79 Å². The molecule has 2 heterocycles. The van der Waals surface area contributed by atoms with Crippen molar-refractivity contribution in [2.24, 2.45) is 0 Å². The minimum absolute atomic E-state index is 0.0916. The number of aliphatic hydroxyl groups is 1. The van der Waals surface area contributed by atoms with Crippen molar-refractivity contribution in [3.63, 3.8) is 0 Å². The molecule has 2 saturated heterocycles. The van der Waals surface area contributed by atoms with Gasteiger partial charge in [0.15, 0.2) is 0 Å². The lowest BCUT2D eigenvalue weighted by Gasteiger charge is -2.46. The molecule has 0 unspecified atom stereocenters. The van der Waals surface area contributed by atoms with Gasteiger partial charge in [0.1, 0.15) is 12.2 Å². The van der Waals surface area contributed by atoms with Crippen molar-refractivity contribution in [3.05, 3.63) is 0 Å². The maximum absolute atomic E-state index is 12.5. The molecule has 3 fully saturated rings. The molecule has 0 bridgehead atoms. The van der Waals surface area contributed by atoms with E-state index in [0.717, 1.165) is 64.7 Å². The van der Waals surface area contributed by atoms with Gasteiger partial charge in [-0.1, -0.05) is 19.3 Å². The Morgan fingerprint density at radius 2 is 1.47 bits per heavy atom. The molecule has 3 aliphatic rings. The van der Waals surface area contributed by atoms with Gasteiger partial charge in [0.2, 0.25) is 5.91 Å². The van der Waals surface area contributed by atoms with E-state index < -0.39 is 5.60 Å². The summed E-state index contributed by atoms with van der Waals surface area (Å²) in [6, 6.07) is 1.07. The first kappa shape index (κ1) is 23.3. The molecular formula is C23H41N3O4. The van der Waals surface area contributed by atoms with Crippen LogP contribution in [0.2, 0.25) is 0 Å². The molecule has 3 rings (SSSR count). The fraction of sp³-hybridized carbons (Fsp3) is 0.913. The number of piperidine rings is 2. The molecule has 7 heteroatoms. The van der Waals surface area contributed by atoms with Crippen molar-refractivity contribution in [2.45, 2.75) is 102 Å². The van der Waals surface area contributed by atoms with Gasteiger partial charge >= 0.3 is 6.09 Å². The normalized spacial score (nSPS) is 23.4. The van der Waals surface area contributed by atoms with E-state index in [1.165, 1.54) is 19.3 Å². The van der Waals surface area contributed by atoms with E-state index in [1.807, 2.05) is 30.6 Å². The highest BCUT2D eigenvalue weighted by Gasteiger charge is 2.36. The highest BCUT2D eigenvalue weighted by Crippen LogP contribution is 2.29. The zero-order chi connectivity index (χ0) is 21.7. The van der Waals surface area contributed by atoms with Crippen molar-refractivity contribution in [1.82, 2.24) is 14.7 Å². The summed E-state index contributed by atoms with van der Waals surface area (Å²) in [7, 11) is 0. The number of hydrogen-bond acceptors (Lipinski definition) is 5. The largest absolute Gasteiger partial charge is 0.444 e. The topological polar surface area (TPSA) is 73.3 Å². The summed E-state index contributed by atoms with van der Waals surface area (Å²) in [5.41, 5.74) is -0.452. The average Bonchev–Trinajstić information content (AvgIpc) is 2.74. The second-order valence-corrected chi connectivity index (χ2v) is 10.2. The van der Waals surface area contributed by atoms with Crippen LogP contribution in [0.25, 0.3) is 0 Å². The van der Waals surface area contributed by atoms with Crippen LogP contribution < -0.4 is 0 Å². The van der Waals surface area contributed by atoms with Gasteiger partial charge in [0.25, 0.3) is 0 Å². The van der Waals surface area contributed by atoms with Crippen LogP contribution in [0.3, 0.4) is 0 Å². The number of rotatable bonds is 4. The molecule has 2 aliphatic heterocycles. The molecule has 1 aliphatic carbocycles. The minimum atomic E-state index is -0.452. The lowest BCUT2D eigenvalue weighted by molar-refractivity contribution is -0.141. The maximum Gasteiger partial charge on any atom is 0.410 e. The highest BCUT2D eigenvalue weighted by atomic mass is 16.6. The summed E-state index contributed by atoms with van der Waals surface area (Å²) in [6.45, 7) is 8.81. The average molecular weight is 424 g/mol. The summed E-state index contributed by atoms with van der Waals surface area (Å²) in [4.78, 5) is 31.2. The van der Waals surface area contributed by atoms with Gasteiger partial charge in [0, 0.05) is 44.3 Å².